The quantitative estimate of drug-likeness (QED) is 0.627. The molecule has 0 aromatic heterocycles. The number of amides is 2. The first-order chi connectivity index (χ1) is 12.5. The lowest BCUT2D eigenvalue weighted by Gasteiger charge is -2.32. The standard InChI is InChI=1S/C19H27FN2O4S/c1-12(2)17-8-5-13(3)9-10-22(17)19(24)18(23)21-16-11-14(27(4,25)26)6-7-15(16)20/h6-7,11-13,17H,5,8-10H2,1-4H3,(H,21,23)/t13-,17-/m0/s1. The summed E-state index contributed by atoms with van der Waals surface area (Å²) in [6.45, 7) is 6.61. The zero-order valence-corrected chi connectivity index (χ0v) is 17.0. The second kappa shape index (κ2) is 8.37. The van der Waals surface area contributed by atoms with Crippen LogP contribution < -0.4 is 5.32 Å². The molecule has 1 aliphatic rings. The number of sulfone groups is 1. The third-order valence-electron chi connectivity index (χ3n) is 5.06. The molecule has 150 valence electrons. The smallest absolute Gasteiger partial charge is 0.313 e. The van der Waals surface area contributed by atoms with Crippen molar-refractivity contribution in [3.63, 3.8) is 0 Å². The maximum absolute atomic E-state index is 14.0. The summed E-state index contributed by atoms with van der Waals surface area (Å²) in [5, 5.41) is 2.24. The molecule has 1 aromatic rings. The Balaban J connectivity index is 2.23. The Morgan fingerprint density at radius 2 is 1.89 bits per heavy atom. The fourth-order valence-corrected chi connectivity index (χ4v) is 4.01. The summed E-state index contributed by atoms with van der Waals surface area (Å²) in [7, 11) is -3.56. The molecule has 0 unspecified atom stereocenters. The largest absolute Gasteiger partial charge is 0.331 e. The molecule has 1 aromatic carbocycles. The van der Waals surface area contributed by atoms with Gasteiger partial charge in [-0.2, -0.15) is 0 Å². The van der Waals surface area contributed by atoms with Gasteiger partial charge in [0.2, 0.25) is 0 Å². The van der Waals surface area contributed by atoms with Crippen LogP contribution in [0.2, 0.25) is 0 Å². The molecule has 0 aliphatic carbocycles. The highest BCUT2D eigenvalue weighted by Crippen LogP contribution is 2.26. The van der Waals surface area contributed by atoms with Gasteiger partial charge < -0.3 is 10.2 Å². The minimum absolute atomic E-state index is 0.0552. The van der Waals surface area contributed by atoms with Crippen LogP contribution in [0.25, 0.3) is 0 Å². The summed E-state index contributed by atoms with van der Waals surface area (Å²) in [6, 6.07) is 3.05. The maximum atomic E-state index is 14.0. The van der Waals surface area contributed by atoms with Gasteiger partial charge in [0.15, 0.2) is 9.84 Å². The molecule has 2 rings (SSSR count). The lowest BCUT2D eigenvalue weighted by molar-refractivity contribution is -0.145. The lowest BCUT2D eigenvalue weighted by Crippen LogP contribution is -2.47. The number of anilines is 1. The monoisotopic (exact) mass is 398 g/mol. The van der Waals surface area contributed by atoms with Crippen molar-refractivity contribution in [2.24, 2.45) is 11.8 Å². The molecule has 0 spiro atoms. The van der Waals surface area contributed by atoms with E-state index in [1.54, 1.807) is 4.90 Å². The van der Waals surface area contributed by atoms with Crippen molar-refractivity contribution in [1.29, 1.82) is 0 Å². The fraction of sp³-hybridized carbons (Fsp3) is 0.579. The first kappa shape index (κ1) is 21.3. The summed E-state index contributed by atoms with van der Waals surface area (Å²) >= 11 is 0. The van der Waals surface area contributed by atoms with E-state index in [-0.39, 0.29) is 22.5 Å². The number of nitrogens with one attached hydrogen (secondary N) is 1. The van der Waals surface area contributed by atoms with Gasteiger partial charge in [0.25, 0.3) is 0 Å². The predicted molar refractivity (Wildman–Crippen MR) is 101 cm³/mol. The van der Waals surface area contributed by atoms with Crippen molar-refractivity contribution < 1.29 is 22.4 Å². The molecular formula is C19H27FN2O4S. The highest BCUT2D eigenvalue weighted by atomic mass is 32.2. The second-order valence-electron chi connectivity index (χ2n) is 7.65. The topological polar surface area (TPSA) is 83.6 Å². The summed E-state index contributed by atoms with van der Waals surface area (Å²) in [5.41, 5.74) is -0.319. The van der Waals surface area contributed by atoms with Gasteiger partial charge in [-0.25, -0.2) is 12.8 Å². The summed E-state index contributed by atoms with van der Waals surface area (Å²) in [5.74, 6) is -1.81. The van der Waals surface area contributed by atoms with Crippen LogP contribution in [0.4, 0.5) is 10.1 Å². The fourth-order valence-electron chi connectivity index (χ4n) is 3.36. The molecule has 0 bridgehead atoms. The SMILES string of the molecule is CC(C)[C@@H]1CC[C@H](C)CCN1C(=O)C(=O)Nc1cc(S(C)(=O)=O)ccc1F. The Kier molecular flexibility index (Phi) is 6.62. The number of nitrogens with zero attached hydrogens (tertiary/aromatic N) is 1. The number of carbonyl (C=O) groups excluding carboxylic acids is 2. The van der Waals surface area contributed by atoms with Crippen LogP contribution in [0.15, 0.2) is 23.1 Å². The van der Waals surface area contributed by atoms with E-state index in [2.05, 4.69) is 12.2 Å². The third kappa shape index (κ3) is 5.28. The van der Waals surface area contributed by atoms with Gasteiger partial charge in [-0.3, -0.25) is 9.59 Å². The van der Waals surface area contributed by atoms with E-state index in [0.717, 1.165) is 43.7 Å². The van der Waals surface area contributed by atoms with E-state index in [9.17, 15) is 22.4 Å². The molecule has 0 saturated carbocycles. The number of halogens is 1. The van der Waals surface area contributed by atoms with Gasteiger partial charge in [-0.1, -0.05) is 20.8 Å². The van der Waals surface area contributed by atoms with Crippen molar-refractivity contribution >= 4 is 27.3 Å². The Labute approximate surface area is 160 Å². The van der Waals surface area contributed by atoms with E-state index in [4.69, 9.17) is 0 Å². The average Bonchev–Trinajstić information content (AvgIpc) is 2.76. The minimum atomic E-state index is -3.56. The number of hydrogen-bond donors (Lipinski definition) is 1. The van der Waals surface area contributed by atoms with Crippen molar-refractivity contribution in [3.8, 4) is 0 Å². The van der Waals surface area contributed by atoms with Gasteiger partial charge in [-0.15, -0.1) is 0 Å². The number of hydrogen-bond acceptors (Lipinski definition) is 4. The van der Waals surface area contributed by atoms with Crippen LogP contribution in [0.3, 0.4) is 0 Å². The first-order valence-electron chi connectivity index (χ1n) is 9.12. The Bertz CT molecular complexity index is 823. The molecule has 1 heterocycles. The molecule has 6 nitrogen and oxygen atoms in total. The molecule has 1 aliphatic heterocycles. The van der Waals surface area contributed by atoms with Crippen molar-refractivity contribution in [1.82, 2.24) is 4.90 Å². The van der Waals surface area contributed by atoms with Crippen LogP contribution in [-0.4, -0.2) is 44.0 Å². The first-order valence-corrected chi connectivity index (χ1v) is 11.0. The zero-order chi connectivity index (χ0) is 20.4. The predicted octanol–water partition coefficient (Wildman–Crippen LogP) is 2.84. The molecule has 1 saturated heterocycles. The van der Waals surface area contributed by atoms with Crippen molar-refractivity contribution in [2.75, 3.05) is 18.1 Å². The third-order valence-corrected chi connectivity index (χ3v) is 6.17. The number of carbonyl (C=O) groups is 2. The Morgan fingerprint density at radius 3 is 2.48 bits per heavy atom. The minimum Gasteiger partial charge on any atom is -0.331 e. The molecule has 27 heavy (non-hydrogen) atoms. The van der Waals surface area contributed by atoms with Crippen molar-refractivity contribution in [3.05, 3.63) is 24.0 Å². The summed E-state index contributed by atoms with van der Waals surface area (Å²) in [4.78, 5) is 26.7. The summed E-state index contributed by atoms with van der Waals surface area (Å²) in [6.07, 6.45) is 3.60. The molecule has 8 heteroatoms. The van der Waals surface area contributed by atoms with Crippen LogP contribution >= 0.6 is 0 Å². The number of likely N-dealkylation sites (tertiary alicyclic amines) is 1. The molecule has 1 N–H and O–H groups in total. The lowest BCUT2D eigenvalue weighted by atomic mass is 9.95. The maximum Gasteiger partial charge on any atom is 0.313 e. The molecule has 2 atom stereocenters. The van der Waals surface area contributed by atoms with Gasteiger partial charge in [0.05, 0.1) is 10.6 Å². The molecule has 1 fully saturated rings. The average molecular weight is 399 g/mol. The number of benzene rings is 1. The second-order valence-corrected chi connectivity index (χ2v) is 9.66. The van der Waals surface area contributed by atoms with E-state index < -0.39 is 27.5 Å². The number of rotatable bonds is 3. The van der Waals surface area contributed by atoms with Crippen LogP contribution in [-0.2, 0) is 19.4 Å². The van der Waals surface area contributed by atoms with Crippen LogP contribution in [0.1, 0.15) is 40.0 Å². The van der Waals surface area contributed by atoms with Gasteiger partial charge in [-0.05, 0) is 49.3 Å². The van der Waals surface area contributed by atoms with Crippen LogP contribution in [0.5, 0.6) is 0 Å². The van der Waals surface area contributed by atoms with Gasteiger partial charge >= 0.3 is 11.8 Å². The molecular weight excluding hydrogens is 371 g/mol. The molecule has 2 amide bonds. The zero-order valence-electron chi connectivity index (χ0n) is 16.2. The van der Waals surface area contributed by atoms with E-state index in [1.807, 2.05) is 13.8 Å². The normalized spacial score (nSPS) is 21.0. The summed E-state index contributed by atoms with van der Waals surface area (Å²) < 4.78 is 37.3. The Hall–Kier alpha value is -1.96. The van der Waals surface area contributed by atoms with Crippen LogP contribution in [0, 0.1) is 17.7 Å². The van der Waals surface area contributed by atoms with E-state index >= 15 is 0 Å². The van der Waals surface area contributed by atoms with Gasteiger partial charge in [0.1, 0.15) is 5.82 Å². The highest BCUT2D eigenvalue weighted by Gasteiger charge is 2.33. The Morgan fingerprint density at radius 1 is 1.22 bits per heavy atom. The molecule has 0 radical (unpaired) electrons. The van der Waals surface area contributed by atoms with E-state index in [1.165, 1.54) is 0 Å². The van der Waals surface area contributed by atoms with Gasteiger partial charge in [0, 0.05) is 18.8 Å². The highest BCUT2D eigenvalue weighted by molar-refractivity contribution is 7.90. The van der Waals surface area contributed by atoms with Crippen molar-refractivity contribution in [2.45, 2.75) is 51.0 Å². The van der Waals surface area contributed by atoms with E-state index in [0.29, 0.717) is 12.5 Å².